The zero-order chi connectivity index (χ0) is 17.4. The molecule has 126 valence electrons. The van der Waals surface area contributed by atoms with E-state index in [0.29, 0.717) is 11.9 Å². The summed E-state index contributed by atoms with van der Waals surface area (Å²) in [5.74, 6) is 0.905. The van der Waals surface area contributed by atoms with Gasteiger partial charge in [-0.3, -0.25) is 0 Å². The minimum Gasteiger partial charge on any atom is -0.489 e. The third kappa shape index (κ3) is 5.82. The molecule has 0 aliphatic carbocycles. The van der Waals surface area contributed by atoms with Crippen LogP contribution in [0.3, 0.4) is 0 Å². The van der Waals surface area contributed by atoms with Crippen molar-refractivity contribution < 1.29 is 4.74 Å². The minimum atomic E-state index is 0.525. The highest BCUT2D eigenvalue weighted by Crippen LogP contribution is 2.22. The molecule has 0 saturated heterocycles. The number of rotatable bonds is 8. The van der Waals surface area contributed by atoms with Crippen molar-refractivity contribution >= 4 is 29.8 Å². The molecule has 24 heavy (non-hydrogen) atoms. The maximum Gasteiger partial charge on any atom is 0.123 e. The van der Waals surface area contributed by atoms with Crippen molar-refractivity contribution in [3.63, 3.8) is 0 Å². The highest BCUT2D eigenvalue weighted by molar-refractivity contribution is 8.01. The van der Waals surface area contributed by atoms with E-state index in [1.54, 1.807) is 18.0 Å². The van der Waals surface area contributed by atoms with Crippen LogP contribution in [-0.2, 0) is 0 Å². The monoisotopic (exact) mass is 339 g/mol. The molecule has 2 aromatic carbocycles. The van der Waals surface area contributed by atoms with Crippen LogP contribution in [-0.4, -0.2) is 11.9 Å². The van der Waals surface area contributed by atoms with E-state index in [2.05, 4.69) is 79.8 Å². The number of benzene rings is 2. The normalized spacial score (nSPS) is 11.0. The summed E-state index contributed by atoms with van der Waals surface area (Å²) in [6, 6.07) is 14.7. The Morgan fingerprint density at radius 1 is 1.08 bits per heavy atom. The summed E-state index contributed by atoms with van der Waals surface area (Å²) < 4.78 is 9.02. The van der Waals surface area contributed by atoms with Gasteiger partial charge in [0.1, 0.15) is 12.4 Å². The first-order valence-electron chi connectivity index (χ1n) is 8.12. The predicted molar refractivity (Wildman–Crippen MR) is 109 cm³/mol. The van der Waals surface area contributed by atoms with Crippen molar-refractivity contribution in [1.29, 1.82) is 0 Å². The van der Waals surface area contributed by atoms with E-state index in [9.17, 15) is 0 Å². The fraction of sp³-hybridized carbons (Fsp3) is 0.238. The highest BCUT2D eigenvalue weighted by atomic mass is 32.2. The van der Waals surface area contributed by atoms with Crippen LogP contribution in [0.25, 0.3) is 12.2 Å². The summed E-state index contributed by atoms with van der Waals surface area (Å²) in [5, 5.41) is 0.559. The van der Waals surface area contributed by atoms with E-state index >= 15 is 0 Å². The Labute approximate surface area is 149 Å². The maximum absolute atomic E-state index is 5.68. The molecule has 0 saturated carbocycles. The maximum atomic E-state index is 5.68. The van der Waals surface area contributed by atoms with Crippen molar-refractivity contribution in [1.82, 2.24) is 0 Å². The van der Waals surface area contributed by atoms with E-state index in [-0.39, 0.29) is 0 Å². The molecule has 0 fully saturated rings. The molecule has 0 aromatic heterocycles. The van der Waals surface area contributed by atoms with Gasteiger partial charge in [0.15, 0.2) is 0 Å². The molecule has 3 heteroatoms. The van der Waals surface area contributed by atoms with Crippen LogP contribution < -0.4 is 9.46 Å². The fourth-order valence-electron chi connectivity index (χ4n) is 2.07. The van der Waals surface area contributed by atoms with Gasteiger partial charge in [0.25, 0.3) is 0 Å². The lowest BCUT2D eigenvalue weighted by Gasteiger charge is -2.08. The van der Waals surface area contributed by atoms with E-state index in [1.165, 1.54) is 5.56 Å². The molecular formula is C21H25NOS. The SMILES string of the molecule is C=CCOc1cc(/C=C/c2ccc(NSC(C)C)cc2)ccc1C. The van der Waals surface area contributed by atoms with Gasteiger partial charge in [0, 0.05) is 10.9 Å². The molecule has 2 rings (SSSR count). The smallest absolute Gasteiger partial charge is 0.123 e. The fourth-order valence-corrected chi connectivity index (χ4v) is 2.57. The molecule has 0 amide bonds. The van der Waals surface area contributed by atoms with E-state index in [4.69, 9.17) is 4.74 Å². The van der Waals surface area contributed by atoms with Crippen molar-refractivity contribution in [2.45, 2.75) is 26.0 Å². The van der Waals surface area contributed by atoms with Gasteiger partial charge in [-0.1, -0.05) is 62.9 Å². The Morgan fingerprint density at radius 3 is 2.42 bits per heavy atom. The van der Waals surface area contributed by atoms with Gasteiger partial charge >= 0.3 is 0 Å². The second kappa shape index (κ2) is 9.24. The van der Waals surface area contributed by atoms with Crippen molar-refractivity contribution in [3.05, 3.63) is 71.8 Å². The lowest BCUT2D eigenvalue weighted by molar-refractivity contribution is 0.360. The topological polar surface area (TPSA) is 21.3 Å². The molecule has 1 N–H and O–H groups in total. The molecule has 0 unspecified atom stereocenters. The molecule has 0 aliphatic rings. The second-order valence-corrected chi connectivity index (χ2v) is 7.23. The lowest BCUT2D eigenvalue weighted by atomic mass is 10.1. The third-order valence-electron chi connectivity index (χ3n) is 3.36. The number of hydrogen-bond donors (Lipinski definition) is 1. The molecule has 2 aromatic rings. The van der Waals surface area contributed by atoms with Crippen LogP contribution in [0, 0.1) is 6.92 Å². The van der Waals surface area contributed by atoms with E-state index < -0.39 is 0 Å². The molecule has 0 bridgehead atoms. The summed E-state index contributed by atoms with van der Waals surface area (Å²) in [6.07, 6.45) is 5.97. The predicted octanol–water partition coefficient (Wildman–Crippen LogP) is 6.20. The van der Waals surface area contributed by atoms with E-state index in [1.807, 2.05) is 6.92 Å². The van der Waals surface area contributed by atoms with Crippen LogP contribution in [0.1, 0.15) is 30.5 Å². The molecule has 0 aliphatic heterocycles. The first kappa shape index (κ1) is 18.2. The average molecular weight is 340 g/mol. The molecule has 0 atom stereocenters. The first-order valence-corrected chi connectivity index (χ1v) is 9.00. The van der Waals surface area contributed by atoms with Crippen molar-refractivity contribution in [3.8, 4) is 5.75 Å². The Balaban J connectivity index is 2.03. The van der Waals surface area contributed by atoms with Crippen LogP contribution in [0.4, 0.5) is 5.69 Å². The quantitative estimate of drug-likeness (QED) is 0.351. The van der Waals surface area contributed by atoms with Gasteiger partial charge in [0.2, 0.25) is 0 Å². The number of nitrogens with one attached hydrogen (secondary N) is 1. The van der Waals surface area contributed by atoms with Crippen LogP contribution in [0.2, 0.25) is 0 Å². The Hall–Kier alpha value is -2.13. The summed E-state index contributed by atoms with van der Waals surface area (Å²) in [6.45, 7) is 10.6. The molecule has 0 spiro atoms. The van der Waals surface area contributed by atoms with Crippen LogP contribution in [0.5, 0.6) is 5.75 Å². The van der Waals surface area contributed by atoms with Gasteiger partial charge in [-0.2, -0.15) is 0 Å². The summed E-state index contributed by atoms with van der Waals surface area (Å²) in [7, 11) is 0. The molecule has 0 radical (unpaired) electrons. The van der Waals surface area contributed by atoms with Gasteiger partial charge < -0.3 is 9.46 Å². The number of aryl methyl sites for hydroxylation is 1. The molecular weight excluding hydrogens is 314 g/mol. The van der Waals surface area contributed by atoms with Crippen molar-refractivity contribution in [2.24, 2.45) is 0 Å². The molecule has 2 nitrogen and oxygen atoms in total. The largest absolute Gasteiger partial charge is 0.489 e. The summed E-state index contributed by atoms with van der Waals surface area (Å²) in [4.78, 5) is 0. The second-order valence-electron chi connectivity index (χ2n) is 5.85. The summed E-state index contributed by atoms with van der Waals surface area (Å²) in [5.41, 5.74) is 4.55. The number of hydrogen-bond acceptors (Lipinski definition) is 3. The average Bonchev–Trinajstić information content (AvgIpc) is 2.59. The lowest BCUT2D eigenvalue weighted by Crippen LogP contribution is -1.95. The third-order valence-corrected chi connectivity index (χ3v) is 4.19. The minimum absolute atomic E-state index is 0.525. The van der Waals surface area contributed by atoms with Crippen LogP contribution in [0.15, 0.2) is 55.1 Å². The van der Waals surface area contributed by atoms with Crippen molar-refractivity contribution in [2.75, 3.05) is 11.3 Å². The highest BCUT2D eigenvalue weighted by Gasteiger charge is 2.00. The van der Waals surface area contributed by atoms with Gasteiger partial charge in [-0.15, -0.1) is 0 Å². The number of ether oxygens (including phenoxy) is 1. The zero-order valence-electron chi connectivity index (χ0n) is 14.6. The molecule has 0 heterocycles. The van der Waals surface area contributed by atoms with Gasteiger partial charge in [0.05, 0.1) is 0 Å². The number of anilines is 1. The van der Waals surface area contributed by atoms with E-state index in [0.717, 1.165) is 22.6 Å². The Bertz CT molecular complexity index is 689. The zero-order valence-corrected chi connectivity index (χ0v) is 15.4. The first-order chi connectivity index (χ1) is 11.6. The van der Waals surface area contributed by atoms with Gasteiger partial charge in [-0.25, -0.2) is 0 Å². The van der Waals surface area contributed by atoms with Gasteiger partial charge in [-0.05, 0) is 53.8 Å². The summed E-state index contributed by atoms with van der Waals surface area (Å²) >= 11 is 1.72. The Kier molecular flexibility index (Phi) is 7.01. The van der Waals surface area contributed by atoms with Crippen LogP contribution >= 0.6 is 11.9 Å². The standard InChI is InChI=1S/C21H25NOS/c1-5-14-23-21-15-19(7-6-17(21)4)9-8-18-10-12-20(13-11-18)22-24-16(2)3/h5-13,15-16,22H,1,14H2,2-4H3/b9-8+. The Morgan fingerprint density at radius 2 is 1.75 bits per heavy atom.